The SMILES string of the molecule is Cc1cc(Nc2ncn(-c3cc(F)cc(F)c3)n2)nc(NC2CCOC2)c1. The molecule has 1 atom stereocenters. The van der Waals surface area contributed by atoms with E-state index in [0.717, 1.165) is 30.5 Å². The number of anilines is 3. The van der Waals surface area contributed by atoms with Gasteiger partial charge in [-0.1, -0.05) is 0 Å². The minimum Gasteiger partial charge on any atom is -0.379 e. The molecule has 2 aromatic heterocycles. The van der Waals surface area contributed by atoms with Gasteiger partial charge in [-0.05, 0) is 43.2 Å². The van der Waals surface area contributed by atoms with Crippen LogP contribution in [0.25, 0.3) is 5.69 Å². The number of ether oxygens (including phenoxy) is 1. The number of aryl methyl sites for hydroxylation is 1. The van der Waals surface area contributed by atoms with Gasteiger partial charge < -0.3 is 15.4 Å². The third-order valence-electron chi connectivity index (χ3n) is 4.09. The second kappa shape index (κ2) is 7.28. The highest BCUT2D eigenvalue weighted by molar-refractivity contribution is 5.54. The lowest BCUT2D eigenvalue weighted by molar-refractivity contribution is 0.195. The molecule has 1 aromatic carbocycles. The van der Waals surface area contributed by atoms with Gasteiger partial charge in [0, 0.05) is 12.7 Å². The minimum absolute atomic E-state index is 0.243. The Bertz CT molecular complexity index is 935. The summed E-state index contributed by atoms with van der Waals surface area (Å²) in [4.78, 5) is 8.64. The van der Waals surface area contributed by atoms with Gasteiger partial charge in [0.05, 0.1) is 18.3 Å². The van der Waals surface area contributed by atoms with Crippen molar-refractivity contribution >= 4 is 17.6 Å². The number of halogens is 2. The van der Waals surface area contributed by atoms with Crippen molar-refractivity contribution in [2.24, 2.45) is 0 Å². The summed E-state index contributed by atoms with van der Waals surface area (Å²) in [6, 6.07) is 7.22. The summed E-state index contributed by atoms with van der Waals surface area (Å²) < 4.78 is 33.4. The summed E-state index contributed by atoms with van der Waals surface area (Å²) in [6.45, 7) is 3.37. The summed E-state index contributed by atoms with van der Waals surface area (Å²) in [5.74, 6) is 0.219. The molecule has 3 aromatic rings. The number of nitrogens with zero attached hydrogens (tertiary/aromatic N) is 4. The molecular formula is C18H18F2N6O. The molecule has 7 nitrogen and oxygen atoms in total. The van der Waals surface area contributed by atoms with Crippen molar-refractivity contribution < 1.29 is 13.5 Å². The molecule has 3 heterocycles. The van der Waals surface area contributed by atoms with Crippen molar-refractivity contribution in [2.45, 2.75) is 19.4 Å². The maximum Gasteiger partial charge on any atom is 0.248 e. The van der Waals surface area contributed by atoms with Crippen LogP contribution in [0.1, 0.15) is 12.0 Å². The van der Waals surface area contributed by atoms with Crippen LogP contribution < -0.4 is 10.6 Å². The van der Waals surface area contributed by atoms with E-state index in [4.69, 9.17) is 4.74 Å². The molecule has 0 saturated carbocycles. The van der Waals surface area contributed by atoms with Gasteiger partial charge in [0.15, 0.2) is 0 Å². The van der Waals surface area contributed by atoms with Crippen LogP contribution in [0.3, 0.4) is 0 Å². The highest BCUT2D eigenvalue weighted by Gasteiger charge is 2.16. The molecule has 2 N–H and O–H groups in total. The Hall–Kier alpha value is -3.07. The molecule has 0 amide bonds. The van der Waals surface area contributed by atoms with E-state index < -0.39 is 11.6 Å². The Kier molecular flexibility index (Phi) is 4.68. The molecular weight excluding hydrogens is 354 g/mol. The standard InChI is InChI=1S/C18H18F2N6O/c1-11-4-16(22-14-2-3-27-9-14)23-17(5-11)24-18-21-10-26(25-18)15-7-12(19)6-13(20)8-15/h4-8,10,14H,2-3,9H2,1H3,(H2,22,23,24,25). The minimum atomic E-state index is -0.679. The number of rotatable bonds is 5. The van der Waals surface area contributed by atoms with E-state index in [9.17, 15) is 8.78 Å². The first-order chi connectivity index (χ1) is 13.0. The summed E-state index contributed by atoms with van der Waals surface area (Å²) in [7, 11) is 0. The number of hydrogen-bond acceptors (Lipinski definition) is 6. The summed E-state index contributed by atoms with van der Waals surface area (Å²) in [5, 5.41) is 10.6. The molecule has 27 heavy (non-hydrogen) atoms. The Balaban J connectivity index is 1.52. The van der Waals surface area contributed by atoms with E-state index in [2.05, 4.69) is 25.7 Å². The van der Waals surface area contributed by atoms with Crippen LogP contribution in [-0.4, -0.2) is 39.0 Å². The van der Waals surface area contributed by atoms with E-state index in [1.165, 1.54) is 23.1 Å². The highest BCUT2D eigenvalue weighted by atomic mass is 19.1. The highest BCUT2D eigenvalue weighted by Crippen LogP contribution is 2.19. The average molecular weight is 372 g/mol. The van der Waals surface area contributed by atoms with Gasteiger partial charge in [0.25, 0.3) is 0 Å². The topological polar surface area (TPSA) is 76.9 Å². The Morgan fingerprint density at radius 2 is 1.89 bits per heavy atom. The molecule has 1 fully saturated rings. The van der Waals surface area contributed by atoms with Crippen LogP contribution in [-0.2, 0) is 4.74 Å². The van der Waals surface area contributed by atoms with Crippen molar-refractivity contribution in [3.63, 3.8) is 0 Å². The fourth-order valence-electron chi connectivity index (χ4n) is 2.89. The number of benzene rings is 1. The molecule has 1 saturated heterocycles. The average Bonchev–Trinajstić information content (AvgIpc) is 3.25. The summed E-state index contributed by atoms with van der Waals surface area (Å²) in [5.41, 5.74) is 1.26. The van der Waals surface area contributed by atoms with E-state index in [1.54, 1.807) is 0 Å². The monoisotopic (exact) mass is 372 g/mol. The quantitative estimate of drug-likeness (QED) is 0.716. The number of pyridine rings is 1. The molecule has 1 aliphatic rings. The number of nitrogens with one attached hydrogen (secondary N) is 2. The normalized spacial score (nSPS) is 16.5. The number of aromatic nitrogens is 4. The van der Waals surface area contributed by atoms with Gasteiger partial charge in [-0.3, -0.25) is 0 Å². The summed E-state index contributed by atoms with van der Waals surface area (Å²) in [6.07, 6.45) is 2.32. The zero-order valence-electron chi connectivity index (χ0n) is 14.6. The van der Waals surface area contributed by atoms with Crippen molar-refractivity contribution in [3.05, 3.63) is 53.9 Å². The van der Waals surface area contributed by atoms with E-state index in [0.29, 0.717) is 12.4 Å². The molecule has 140 valence electrons. The maximum absolute atomic E-state index is 13.4. The lowest BCUT2D eigenvalue weighted by Crippen LogP contribution is -2.20. The third kappa shape index (κ3) is 4.20. The second-order valence-electron chi connectivity index (χ2n) is 6.39. The van der Waals surface area contributed by atoms with Gasteiger partial charge in [-0.2, -0.15) is 4.98 Å². The van der Waals surface area contributed by atoms with E-state index in [-0.39, 0.29) is 17.7 Å². The second-order valence-corrected chi connectivity index (χ2v) is 6.39. The molecule has 0 radical (unpaired) electrons. The van der Waals surface area contributed by atoms with Crippen molar-refractivity contribution in [3.8, 4) is 5.69 Å². The van der Waals surface area contributed by atoms with Crippen molar-refractivity contribution in [1.29, 1.82) is 0 Å². The lowest BCUT2D eigenvalue weighted by atomic mass is 10.2. The lowest BCUT2D eigenvalue weighted by Gasteiger charge is -2.13. The van der Waals surface area contributed by atoms with Gasteiger partial charge in [0.2, 0.25) is 5.95 Å². The molecule has 0 bridgehead atoms. The van der Waals surface area contributed by atoms with Gasteiger partial charge in [-0.15, -0.1) is 5.10 Å². The predicted molar refractivity (Wildman–Crippen MR) is 96.4 cm³/mol. The van der Waals surface area contributed by atoms with Crippen molar-refractivity contribution in [1.82, 2.24) is 19.7 Å². The molecule has 0 spiro atoms. The van der Waals surface area contributed by atoms with Crippen LogP contribution in [0.4, 0.5) is 26.4 Å². The first kappa shape index (κ1) is 17.3. The Labute approximate surface area is 154 Å². The molecule has 0 aliphatic carbocycles. The fourth-order valence-corrected chi connectivity index (χ4v) is 2.89. The molecule has 1 aliphatic heterocycles. The van der Waals surface area contributed by atoms with Crippen molar-refractivity contribution in [2.75, 3.05) is 23.8 Å². The van der Waals surface area contributed by atoms with Gasteiger partial charge in [-0.25, -0.2) is 18.4 Å². The van der Waals surface area contributed by atoms with E-state index >= 15 is 0 Å². The summed E-state index contributed by atoms with van der Waals surface area (Å²) >= 11 is 0. The predicted octanol–water partition coefficient (Wildman–Crippen LogP) is 3.19. The van der Waals surface area contributed by atoms with E-state index in [1.807, 2.05) is 19.1 Å². The van der Waals surface area contributed by atoms with Crippen LogP contribution in [0.5, 0.6) is 0 Å². The first-order valence-corrected chi connectivity index (χ1v) is 8.53. The van der Waals surface area contributed by atoms with Gasteiger partial charge in [0.1, 0.15) is 29.6 Å². The molecule has 1 unspecified atom stereocenters. The zero-order chi connectivity index (χ0) is 18.8. The zero-order valence-corrected chi connectivity index (χ0v) is 14.6. The Morgan fingerprint density at radius 3 is 2.63 bits per heavy atom. The van der Waals surface area contributed by atoms with Crippen LogP contribution in [0.2, 0.25) is 0 Å². The molecule has 9 heteroatoms. The molecule has 4 rings (SSSR count). The largest absolute Gasteiger partial charge is 0.379 e. The maximum atomic E-state index is 13.4. The third-order valence-corrected chi connectivity index (χ3v) is 4.09. The van der Waals surface area contributed by atoms with Crippen LogP contribution >= 0.6 is 0 Å². The van der Waals surface area contributed by atoms with Crippen LogP contribution in [0.15, 0.2) is 36.7 Å². The smallest absolute Gasteiger partial charge is 0.248 e. The van der Waals surface area contributed by atoms with Gasteiger partial charge >= 0.3 is 0 Å². The fraction of sp³-hybridized carbons (Fsp3) is 0.278. The van der Waals surface area contributed by atoms with Crippen LogP contribution in [0, 0.1) is 18.6 Å². The number of hydrogen-bond donors (Lipinski definition) is 2. The Morgan fingerprint density at radius 1 is 1.11 bits per heavy atom. The first-order valence-electron chi connectivity index (χ1n) is 8.53.